The molecule has 0 N–H and O–H groups in total. The Kier molecular flexibility index (Phi) is 8.58. The van der Waals surface area contributed by atoms with Gasteiger partial charge in [0.2, 0.25) is 5.91 Å². The molecule has 0 radical (unpaired) electrons. The van der Waals surface area contributed by atoms with Crippen LogP contribution in [0.25, 0.3) is 16.6 Å². The van der Waals surface area contributed by atoms with Gasteiger partial charge in [-0.3, -0.25) is 24.3 Å². The first-order valence-corrected chi connectivity index (χ1v) is 16.6. The van der Waals surface area contributed by atoms with E-state index in [-0.39, 0.29) is 54.8 Å². The molecule has 0 spiro atoms. The minimum atomic E-state index is -1.18. The zero-order valence-electron chi connectivity index (χ0n) is 28.4. The zero-order chi connectivity index (χ0) is 34.8. The standard InChI is InChI=1S/C36H43F2N5O5/c1-19(2)42(20(3)4)33(45)26-12-22(37)8-9-29(26)41-18-27(24-10-11-39-15-30(24)41)32(44)21-16-40(17-21)34(46)31-25-13-23(14-28(25)38)43(31)35(47)48-36(5,6)7/h8-12,15,18-21,23,25,28,31H,13-14,16-17H2,1-7H3/t23-,25+,28-,31-/m0/s1. The van der Waals surface area contributed by atoms with E-state index in [0.29, 0.717) is 28.6 Å². The molecule has 4 atom stereocenters. The Balaban J connectivity index is 1.26. The van der Waals surface area contributed by atoms with Crippen molar-refractivity contribution in [1.29, 1.82) is 0 Å². The lowest BCUT2D eigenvalue weighted by molar-refractivity contribution is -0.145. The number of ether oxygens (including phenoxy) is 1. The number of alkyl halides is 1. The van der Waals surface area contributed by atoms with Gasteiger partial charge in [-0.05, 0) is 85.6 Å². The highest BCUT2D eigenvalue weighted by Gasteiger charge is 2.59. The average Bonchev–Trinajstić information content (AvgIpc) is 3.65. The van der Waals surface area contributed by atoms with Crippen LogP contribution in [0.3, 0.4) is 0 Å². The topological polar surface area (TPSA) is 105 Å². The number of amides is 3. The van der Waals surface area contributed by atoms with E-state index in [2.05, 4.69) is 4.98 Å². The van der Waals surface area contributed by atoms with Crippen molar-refractivity contribution in [2.75, 3.05) is 13.1 Å². The number of likely N-dealkylation sites (tertiary alicyclic amines) is 2. The average molecular weight is 664 g/mol. The molecule has 3 aliphatic rings. The van der Waals surface area contributed by atoms with Gasteiger partial charge in [0.15, 0.2) is 5.78 Å². The maximum atomic E-state index is 14.9. The van der Waals surface area contributed by atoms with E-state index < -0.39 is 47.6 Å². The molecule has 3 fully saturated rings. The second kappa shape index (κ2) is 12.3. The highest BCUT2D eigenvalue weighted by molar-refractivity contribution is 6.10. The summed E-state index contributed by atoms with van der Waals surface area (Å²) in [6, 6.07) is 4.09. The fourth-order valence-electron chi connectivity index (χ4n) is 7.65. The van der Waals surface area contributed by atoms with Gasteiger partial charge < -0.3 is 19.1 Å². The third kappa shape index (κ3) is 5.83. The first-order chi connectivity index (χ1) is 22.6. The molecule has 2 aromatic heterocycles. The lowest BCUT2D eigenvalue weighted by Crippen LogP contribution is -2.62. The summed E-state index contributed by atoms with van der Waals surface area (Å²) in [7, 11) is 0. The van der Waals surface area contributed by atoms with E-state index in [9.17, 15) is 28.0 Å². The highest BCUT2D eigenvalue weighted by atomic mass is 19.1. The number of Topliss-reactive ketones (excluding diaryl/α,β-unsaturated/α-hetero) is 1. The Morgan fingerprint density at radius 1 is 1.00 bits per heavy atom. The number of benzene rings is 1. The molecule has 48 heavy (non-hydrogen) atoms. The quantitative estimate of drug-likeness (QED) is 0.296. The van der Waals surface area contributed by atoms with E-state index in [1.54, 1.807) is 54.9 Å². The van der Waals surface area contributed by atoms with Crippen LogP contribution >= 0.6 is 0 Å². The molecule has 256 valence electrons. The number of fused-ring (bicyclic) bond motifs is 3. The van der Waals surface area contributed by atoms with Crippen LogP contribution in [0.4, 0.5) is 13.6 Å². The van der Waals surface area contributed by atoms with Crippen LogP contribution in [0.1, 0.15) is 82.0 Å². The molecular formula is C36H43F2N5O5. The van der Waals surface area contributed by atoms with Gasteiger partial charge in [-0.15, -0.1) is 0 Å². The van der Waals surface area contributed by atoms with Crippen LogP contribution in [0.15, 0.2) is 42.9 Å². The Morgan fingerprint density at radius 3 is 2.33 bits per heavy atom. The number of carbonyl (C=O) groups is 4. The van der Waals surface area contributed by atoms with Crippen molar-refractivity contribution in [3.05, 3.63) is 59.8 Å². The second-order valence-corrected chi connectivity index (χ2v) is 14.8. The number of hydrogen-bond acceptors (Lipinski definition) is 6. The molecule has 12 heteroatoms. The third-order valence-corrected chi connectivity index (χ3v) is 9.70. The van der Waals surface area contributed by atoms with Crippen molar-refractivity contribution >= 4 is 34.6 Å². The third-order valence-electron chi connectivity index (χ3n) is 9.70. The second-order valence-electron chi connectivity index (χ2n) is 14.8. The first kappa shape index (κ1) is 33.5. The van der Waals surface area contributed by atoms with Gasteiger partial charge in [-0.1, -0.05) is 0 Å². The van der Waals surface area contributed by atoms with Crippen LogP contribution in [0.2, 0.25) is 0 Å². The van der Waals surface area contributed by atoms with Gasteiger partial charge in [0.25, 0.3) is 5.91 Å². The summed E-state index contributed by atoms with van der Waals surface area (Å²) in [5.74, 6) is -2.60. The number of rotatable bonds is 7. The van der Waals surface area contributed by atoms with E-state index in [4.69, 9.17) is 4.74 Å². The number of hydrogen-bond donors (Lipinski definition) is 0. The maximum absolute atomic E-state index is 14.9. The van der Waals surface area contributed by atoms with Crippen molar-refractivity contribution < 1.29 is 32.7 Å². The highest BCUT2D eigenvalue weighted by Crippen LogP contribution is 2.46. The lowest BCUT2D eigenvalue weighted by Gasteiger charge is -2.44. The molecule has 6 rings (SSSR count). The van der Waals surface area contributed by atoms with Crippen molar-refractivity contribution in [3.63, 3.8) is 0 Å². The molecule has 2 aliphatic heterocycles. The number of ketones is 1. The van der Waals surface area contributed by atoms with E-state index >= 15 is 0 Å². The monoisotopic (exact) mass is 663 g/mol. The molecule has 1 aliphatic carbocycles. The number of nitrogens with zero attached hydrogens (tertiary/aromatic N) is 5. The summed E-state index contributed by atoms with van der Waals surface area (Å²) >= 11 is 0. The van der Waals surface area contributed by atoms with Gasteiger partial charge >= 0.3 is 6.09 Å². The molecule has 2 bridgehead atoms. The molecule has 10 nitrogen and oxygen atoms in total. The molecule has 4 heterocycles. The van der Waals surface area contributed by atoms with Crippen LogP contribution in [-0.4, -0.2) is 97.0 Å². The van der Waals surface area contributed by atoms with E-state index in [1.807, 2.05) is 27.7 Å². The largest absolute Gasteiger partial charge is 0.444 e. The number of halogens is 2. The van der Waals surface area contributed by atoms with Crippen molar-refractivity contribution in [1.82, 2.24) is 24.3 Å². The van der Waals surface area contributed by atoms with E-state index in [0.717, 1.165) is 0 Å². The van der Waals surface area contributed by atoms with E-state index in [1.165, 1.54) is 28.0 Å². The van der Waals surface area contributed by atoms with Crippen LogP contribution in [-0.2, 0) is 9.53 Å². The van der Waals surface area contributed by atoms with Gasteiger partial charge in [0, 0.05) is 60.5 Å². The summed E-state index contributed by atoms with van der Waals surface area (Å²) in [6.45, 7) is 13.1. The maximum Gasteiger partial charge on any atom is 0.411 e. The van der Waals surface area contributed by atoms with Crippen molar-refractivity contribution in [3.8, 4) is 5.69 Å². The first-order valence-electron chi connectivity index (χ1n) is 16.6. The predicted molar refractivity (Wildman–Crippen MR) is 175 cm³/mol. The van der Waals surface area contributed by atoms with Gasteiger partial charge in [-0.25, -0.2) is 13.6 Å². The number of carbonyl (C=O) groups excluding carboxylic acids is 4. The Labute approximate surface area is 279 Å². The number of pyridine rings is 1. The molecule has 1 aromatic carbocycles. The number of piperidine rings is 1. The fourth-order valence-corrected chi connectivity index (χ4v) is 7.65. The predicted octanol–water partition coefficient (Wildman–Crippen LogP) is 5.80. The van der Waals surface area contributed by atoms with Crippen LogP contribution in [0.5, 0.6) is 0 Å². The molecule has 2 saturated heterocycles. The number of aromatic nitrogens is 2. The zero-order valence-corrected chi connectivity index (χ0v) is 28.4. The van der Waals surface area contributed by atoms with Crippen LogP contribution in [0, 0.1) is 17.7 Å². The molecule has 1 saturated carbocycles. The lowest BCUT2D eigenvalue weighted by atomic mass is 9.88. The SMILES string of the molecule is CC(C)N(C(=O)c1cc(F)ccc1-n1cc(C(=O)C2CN(C(=O)[C@@H]3[C@@H]4C[C@@H](C[C@@H]4F)N3C(=O)OC(C)(C)C)C2)c2ccncc21)C(C)C. The minimum absolute atomic E-state index is 0.125. The van der Waals surface area contributed by atoms with Crippen molar-refractivity contribution in [2.24, 2.45) is 11.8 Å². The van der Waals surface area contributed by atoms with Gasteiger partial charge in [0.05, 0.1) is 28.9 Å². The molecule has 3 aromatic rings. The summed E-state index contributed by atoms with van der Waals surface area (Å²) in [6.07, 6.45) is 3.59. The Hall–Kier alpha value is -4.35. The summed E-state index contributed by atoms with van der Waals surface area (Å²) in [5, 5.41) is 0.608. The minimum Gasteiger partial charge on any atom is -0.444 e. The molecule has 0 unspecified atom stereocenters. The van der Waals surface area contributed by atoms with Gasteiger partial charge in [-0.2, -0.15) is 0 Å². The summed E-state index contributed by atoms with van der Waals surface area (Å²) < 4.78 is 36.7. The normalized spacial score (nSPS) is 22.5. The summed E-state index contributed by atoms with van der Waals surface area (Å²) in [4.78, 5) is 63.5. The Morgan fingerprint density at radius 2 is 1.69 bits per heavy atom. The van der Waals surface area contributed by atoms with Gasteiger partial charge in [0.1, 0.15) is 23.6 Å². The molecular weight excluding hydrogens is 620 g/mol. The van der Waals surface area contributed by atoms with Crippen LogP contribution < -0.4 is 0 Å². The smallest absolute Gasteiger partial charge is 0.411 e. The summed E-state index contributed by atoms with van der Waals surface area (Å²) in [5.41, 5.74) is 0.752. The Bertz CT molecular complexity index is 1770. The molecule has 3 amide bonds. The van der Waals surface area contributed by atoms with Crippen molar-refractivity contribution in [2.45, 2.75) is 97.2 Å². The fraction of sp³-hybridized carbons (Fsp3) is 0.528.